The Hall–Kier alpha value is -2.45. The number of nitrogens with one attached hydrogen (secondary N) is 1. The van der Waals surface area contributed by atoms with Crippen molar-refractivity contribution in [3.63, 3.8) is 0 Å². The third kappa shape index (κ3) is 5.43. The monoisotopic (exact) mass is 498 g/mol. The summed E-state index contributed by atoms with van der Waals surface area (Å²) in [6.07, 6.45) is 0. The molecule has 0 atom stereocenters. The van der Waals surface area contributed by atoms with Gasteiger partial charge in [0, 0.05) is 5.02 Å². The summed E-state index contributed by atoms with van der Waals surface area (Å²) < 4.78 is 32.8. The zero-order valence-corrected chi connectivity index (χ0v) is 19.3. The molecule has 0 radical (unpaired) electrons. The fourth-order valence-electron chi connectivity index (χ4n) is 2.72. The molecule has 3 rings (SSSR count). The Bertz CT molecular complexity index is 1180. The lowest BCUT2D eigenvalue weighted by Crippen LogP contribution is -2.38. The van der Waals surface area contributed by atoms with Crippen molar-refractivity contribution in [1.29, 1.82) is 0 Å². The quantitative estimate of drug-likeness (QED) is 0.466. The first-order chi connectivity index (χ1) is 14.7. The van der Waals surface area contributed by atoms with Crippen molar-refractivity contribution in [2.75, 3.05) is 23.3 Å². The Morgan fingerprint density at radius 2 is 1.61 bits per heavy atom. The van der Waals surface area contributed by atoms with Gasteiger partial charge in [0.25, 0.3) is 10.0 Å². The van der Waals surface area contributed by atoms with Crippen molar-refractivity contribution in [3.05, 3.63) is 81.8 Å². The van der Waals surface area contributed by atoms with E-state index >= 15 is 0 Å². The van der Waals surface area contributed by atoms with Crippen LogP contribution in [0.5, 0.6) is 5.75 Å². The molecule has 6 nitrogen and oxygen atoms in total. The molecule has 0 spiro atoms. The van der Waals surface area contributed by atoms with Gasteiger partial charge in [0.1, 0.15) is 12.3 Å². The van der Waals surface area contributed by atoms with Crippen LogP contribution in [0.1, 0.15) is 0 Å². The Balaban J connectivity index is 1.95. The molecule has 0 aliphatic rings. The number of ether oxygens (including phenoxy) is 1. The smallest absolute Gasteiger partial charge is 0.264 e. The predicted molar refractivity (Wildman–Crippen MR) is 124 cm³/mol. The van der Waals surface area contributed by atoms with Crippen LogP contribution in [0.2, 0.25) is 15.1 Å². The number of nitrogens with zero attached hydrogens (tertiary/aromatic N) is 1. The van der Waals surface area contributed by atoms with E-state index in [2.05, 4.69) is 5.32 Å². The fourth-order valence-corrected chi connectivity index (χ4v) is 4.61. The number of hydrogen-bond acceptors (Lipinski definition) is 4. The molecular weight excluding hydrogens is 483 g/mol. The van der Waals surface area contributed by atoms with Gasteiger partial charge < -0.3 is 10.1 Å². The second-order valence-electron chi connectivity index (χ2n) is 6.31. The summed E-state index contributed by atoms with van der Waals surface area (Å²) in [5, 5.41) is 3.45. The van der Waals surface area contributed by atoms with Gasteiger partial charge in [-0.05, 0) is 60.7 Å². The molecule has 3 aromatic carbocycles. The first-order valence-electron chi connectivity index (χ1n) is 8.88. The van der Waals surface area contributed by atoms with E-state index < -0.39 is 22.5 Å². The maximum atomic E-state index is 13.4. The van der Waals surface area contributed by atoms with E-state index in [4.69, 9.17) is 39.5 Å². The van der Waals surface area contributed by atoms with Crippen molar-refractivity contribution < 1.29 is 17.9 Å². The minimum absolute atomic E-state index is 0.00293. The first kappa shape index (κ1) is 23.2. The van der Waals surface area contributed by atoms with E-state index in [0.29, 0.717) is 10.8 Å². The first-order valence-corrected chi connectivity index (χ1v) is 11.5. The highest BCUT2D eigenvalue weighted by Gasteiger charge is 2.27. The Morgan fingerprint density at radius 1 is 0.968 bits per heavy atom. The van der Waals surface area contributed by atoms with Crippen LogP contribution in [0.25, 0.3) is 0 Å². The van der Waals surface area contributed by atoms with Crippen LogP contribution < -0.4 is 14.4 Å². The summed E-state index contributed by atoms with van der Waals surface area (Å²) in [5.41, 5.74) is 0.546. The van der Waals surface area contributed by atoms with Gasteiger partial charge in [-0.15, -0.1) is 0 Å². The SMILES string of the molecule is COc1ccc(S(=O)(=O)N(CC(=O)Nc2cccc(Cl)c2Cl)c2ccc(Cl)cc2)cc1. The van der Waals surface area contributed by atoms with Crippen LogP contribution in [0.3, 0.4) is 0 Å². The van der Waals surface area contributed by atoms with Gasteiger partial charge in [-0.1, -0.05) is 40.9 Å². The molecule has 162 valence electrons. The average Bonchev–Trinajstić information content (AvgIpc) is 2.76. The Kier molecular flexibility index (Phi) is 7.33. The second kappa shape index (κ2) is 9.78. The van der Waals surface area contributed by atoms with Crippen molar-refractivity contribution in [3.8, 4) is 5.75 Å². The molecule has 3 aromatic rings. The van der Waals surface area contributed by atoms with Gasteiger partial charge in [0.15, 0.2) is 0 Å². The van der Waals surface area contributed by atoms with Gasteiger partial charge in [0.05, 0.1) is 33.4 Å². The number of sulfonamides is 1. The molecule has 1 amide bonds. The lowest BCUT2D eigenvalue weighted by Gasteiger charge is -2.24. The Labute approximate surface area is 195 Å². The number of methoxy groups -OCH3 is 1. The molecule has 0 saturated heterocycles. The van der Waals surface area contributed by atoms with Gasteiger partial charge in [-0.25, -0.2) is 8.42 Å². The highest BCUT2D eigenvalue weighted by molar-refractivity contribution is 7.92. The summed E-state index contributed by atoms with van der Waals surface area (Å²) in [7, 11) is -2.60. The van der Waals surface area contributed by atoms with Crippen molar-refractivity contribution >= 4 is 62.1 Å². The van der Waals surface area contributed by atoms with Crippen molar-refractivity contribution in [2.24, 2.45) is 0 Å². The van der Waals surface area contributed by atoms with E-state index in [1.165, 1.54) is 43.5 Å². The van der Waals surface area contributed by atoms with E-state index in [-0.39, 0.29) is 26.3 Å². The van der Waals surface area contributed by atoms with Crippen LogP contribution in [-0.4, -0.2) is 28.0 Å². The highest BCUT2D eigenvalue weighted by Crippen LogP contribution is 2.30. The lowest BCUT2D eigenvalue weighted by molar-refractivity contribution is -0.114. The molecular formula is C21H17Cl3N2O4S. The van der Waals surface area contributed by atoms with Crippen LogP contribution >= 0.6 is 34.8 Å². The van der Waals surface area contributed by atoms with E-state index in [9.17, 15) is 13.2 Å². The van der Waals surface area contributed by atoms with Crippen LogP contribution in [0.4, 0.5) is 11.4 Å². The summed E-state index contributed by atoms with van der Waals surface area (Å²) in [6.45, 7) is -0.501. The number of anilines is 2. The van der Waals surface area contributed by atoms with Gasteiger partial charge >= 0.3 is 0 Å². The number of rotatable bonds is 7. The van der Waals surface area contributed by atoms with E-state index in [0.717, 1.165) is 4.31 Å². The zero-order chi connectivity index (χ0) is 22.6. The number of carbonyl (C=O) groups excluding carboxylic acids is 1. The normalized spacial score (nSPS) is 11.1. The Morgan fingerprint density at radius 3 is 2.23 bits per heavy atom. The maximum absolute atomic E-state index is 13.4. The number of halogens is 3. The molecule has 0 fully saturated rings. The summed E-state index contributed by atoms with van der Waals surface area (Å²) in [5.74, 6) is -0.0958. The molecule has 1 N–H and O–H groups in total. The molecule has 31 heavy (non-hydrogen) atoms. The van der Waals surface area contributed by atoms with E-state index in [1.54, 1.807) is 30.3 Å². The van der Waals surface area contributed by atoms with Crippen LogP contribution in [0, 0.1) is 0 Å². The lowest BCUT2D eigenvalue weighted by atomic mass is 10.3. The van der Waals surface area contributed by atoms with Crippen LogP contribution in [0.15, 0.2) is 71.6 Å². The van der Waals surface area contributed by atoms with Gasteiger partial charge in [-0.2, -0.15) is 0 Å². The minimum atomic E-state index is -4.08. The van der Waals surface area contributed by atoms with E-state index in [1.807, 2.05) is 0 Å². The number of hydrogen-bond donors (Lipinski definition) is 1. The van der Waals surface area contributed by atoms with Crippen molar-refractivity contribution in [1.82, 2.24) is 0 Å². The van der Waals surface area contributed by atoms with Gasteiger partial charge in [0.2, 0.25) is 5.91 Å². The highest BCUT2D eigenvalue weighted by atomic mass is 35.5. The number of amides is 1. The largest absolute Gasteiger partial charge is 0.497 e. The summed E-state index contributed by atoms with van der Waals surface area (Å²) in [6, 6.07) is 16.7. The number of benzene rings is 3. The second-order valence-corrected chi connectivity index (χ2v) is 9.40. The molecule has 10 heteroatoms. The maximum Gasteiger partial charge on any atom is 0.264 e. The standard InChI is InChI=1S/C21H17Cl3N2O4S/c1-30-16-9-11-17(12-10-16)31(28,29)26(15-7-5-14(22)6-8-15)13-20(27)25-19-4-2-3-18(23)21(19)24/h2-12H,13H2,1H3,(H,25,27). The fraction of sp³-hybridized carbons (Fsp3) is 0.0952. The van der Waals surface area contributed by atoms with Gasteiger partial charge in [-0.3, -0.25) is 9.10 Å². The van der Waals surface area contributed by atoms with Crippen LogP contribution in [-0.2, 0) is 14.8 Å². The molecule has 0 saturated carbocycles. The molecule has 0 bridgehead atoms. The molecule has 0 aromatic heterocycles. The summed E-state index contributed by atoms with van der Waals surface area (Å²) in [4.78, 5) is 12.7. The molecule has 0 aliphatic carbocycles. The third-order valence-electron chi connectivity index (χ3n) is 4.27. The topological polar surface area (TPSA) is 75.7 Å². The third-order valence-corrected chi connectivity index (χ3v) is 7.13. The average molecular weight is 500 g/mol. The zero-order valence-electron chi connectivity index (χ0n) is 16.2. The summed E-state index contributed by atoms with van der Waals surface area (Å²) >= 11 is 18.0. The molecule has 0 heterocycles. The van der Waals surface area contributed by atoms with Crippen molar-refractivity contribution in [2.45, 2.75) is 4.90 Å². The number of carbonyl (C=O) groups is 1. The molecule has 0 aliphatic heterocycles. The molecule has 0 unspecified atom stereocenters. The predicted octanol–water partition coefficient (Wildman–Crippen LogP) is 5.49. The minimum Gasteiger partial charge on any atom is -0.497 e.